The van der Waals surface area contributed by atoms with Gasteiger partial charge in [0.2, 0.25) is 4.90 Å². The molecule has 0 aromatic heterocycles. The van der Waals surface area contributed by atoms with Crippen LogP contribution in [0.15, 0.2) is 94.3 Å². The zero-order valence-electron chi connectivity index (χ0n) is 14.0. The molecule has 0 saturated carbocycles. The maximum Gasteiger partial charge on any atom is 0.325 e. The van der Waals surface area contributed by atoms with Crippen LogP contribution in [-0.2, 0) is 10.9 Å². The molecule has 0 spiro atoms. The maximum atomic E-state index is 6.04. The molecule has 0 N–H and O–H groups in total. The molecule has 0 fully saturated rings. The predicted octanol–water partition coefficient (Wildman–Crippen LogP) is 6.03. The second kappa shape index (κ2) is 8.44. The molecule has 2 aromatic carbocycles. The first-order valence-corrected chi connectivity index (χ1v) is 9.09. The van der Waals surface area contributed by atoms with Gasteiger partial charge in [-0.15, -0.1) is 0 Å². The van der Waals surface area contributed by atoms with Gasteiger partial charge in [-0.25, -0.2) is 0 Å². The van der Waals surface area contributed by atoms with E-state index in [1.54, 1.807) is 6.08 Å². The van der Waals surface area contributed by atoms with Crippen molar-refractivity contribution in [1.29, 1.82) is 0 Å². The molecule has 0 radical (unpaired) electrons. The first-order valence-electron chi connectivity index (χ1n) is 7.87. The molecule has 1 nitrogen and oxygen atoms in total. The number of ether oxygens (including phenoxy) is 1. The molecule has 0 bridgehead atoms. The quantitative estimate of drug-likeness (QED) is 0.495. The van der Waals surface area contributed by atoms with Gasteiger partial charge in [-0.3, -0.25) is 0 Å². The molecule has 1 atom stereocenters. The van der Waals surface area contributed by atoms with E-state index >= 15 is 0 Å². The number of benzene rings is 2. The van der Waals surface area contributed by atoms with Crippen LogP contribution in [0.25, 0.3) is 0 Å². The monoisotopic (exact) mass is 323 g/mol. The van der Waals surface area contributed by atoms with E-state index in [1.807, 2.05) is 44.2 Å². The topological polar surface area (TPSA) is 9.23 Å². The van der Waals surface area contributed by atoms with Gasteiger partial charge in [0.25, 0.3) is 0 Å². The summed E-state index contributed by atoms with van der Waals surface area (Å²) in [6.45, 7) is 9.80. The summed E-state index contributed by atoms with van der Waals surface area (Å²) in [7, 11) is -0.162. The molecular formula is C21H23OS+. The standard InChI is InChI=1S/C19H17OS.C2H6/c1-3-4-5-10-19-20-17-8-6-7-9-18(17)21(19)16-13-11-15(2)12-14-16;1-2/h3-14H,1H2,2H3;1-2H3/q+1;/b5-4-,19-10-;. The first-order chi connectivity index (χ1) is 11.3. The van der Waals surface area contributed by atoms with E-state index in [0.717, 1.165) is 10.8 Å². The fourth-order valence-corrected chi connectivity index (χ4v) is 4.22. The smallest absolute Gasteiger partial charge is 0.325 e. The van der Waals surface area contributed by atoms with Gasteiger partial charge < -0.3 is 4.74 Å². The van der Waals surface area contributed by atoms with Crippen molar-refractivity contribution in [3.63, 3.8) is 0 Å². The Bertz CT molecular complexity index is 711. The fraction of sp³-hybridized carbons (Fsp3) is 0.143. The molecular weight excluding hydrogens is 300 g/mol. The van der Waals surface area contributed by atoms with Crippen LogP contribution in [0, 0.1) is 6.92 Å². The van der Waals surface area contributed by atoms with E-state index < -0.39 is 0 Å². The first kappa shape index (κ1) is 17.2. The van der Waals surface area contributed by atoms with Crippen molar-refractivity contribution < 1.29 is 4.74 Å². The molecule has 0 aliphatic carbocycles. The molecule has 2 aromatic rings. The molecule has 3 rings (SSSR count). The molecule has 118 valence electrons. The summed E-state index contributed by atoms with van der Waals surface area (Å²) in [6, 6.07) is 16.9. The average molecular weight is 323 g/mol. The van der Waals surface area contributed by atoms with Gasteiger partial charge in [-0.1, -0.05) is 68.5 Å². The van der Waals surface area contributed by atoms with Crippen molar-refractivity contribution in [3.8, 4) is 5.75 Å². The molecule has 2 heteroatoms. The van der Waals surface area contributed by atoms with Gasteiger partial charge >= 0.3 is 5.09 Å². The lowest BCUT2D eigenvalue weighted by Gasteiger charge is -2.00. The number of aryl methyl sites for hydroxylation is 1. The van der Waals surface area contributed by atoms with Gasteiger partial charge in [-0.05, 0) is 31.2 Å². The Morgan fingerprint density at radius 1 is 0.957 bits per heavy atom. The summed E-state index contributed by atoms with van der Waals surface area (Å²) >= 11 is 0. The normalized spacial score (nSPS) is 17.3. The average Bonchev–Trinajstić information content (AvgIpc) is 2.96. The van der Waals surface area contributed by atoms with Gasteiger partial charge in [0, 0.05) is 6.08 Å². The minimum Gasteiger partial charge on any atom is -0.411 e. The molecule has 23 heavy (non-hydrogen) atoms. The number of hydrogen-bond acceptors (Lipinski definition) is 1. The van der Waals surface area contributed by atoms with E-state index in [4.69, 9.17) is 4.74 Å². The Morgan fingerprint density at radius 2 is 1.65 bits per heavy atom. The lowest BCUT2D eigenvalue weighted by Crippen LogP contribution is -2.03. The van der Waals surface area contributed by atoms with Crippen LogP contribution in [-0.4, -0.2) is 0 Å². The summed E-state index contributed by atoms with van der Waals surface area (Å²) in [4.78, 5) is 2.53. The van der Waals surface area contributed by atoms with Crippen molar-refractivity contribution in [2.24, 2.45) is 0 Å². The lowest BCUT2D eigenvalue weighted by atomic mass is 10.2. The van der Waals surface area contributed by atoms with E-state index in [-0.39, 0.29) is 10.9 Å². The van der Waals surface area contributed by atoms with Crippen molar-refractivity contribution in [2.75, 3.05) is 0 Å². The highest BCUT2D eigenvalue weighted by Crippen LogP contribution is 2.43. The summed E-state index contributed by atoms with van der Waals surface area (Å²) in [5.74, 6) is 0.958. The third kappa shape index (κ3) is 3.96. The minimum atomic E-state index is -0.162. The van der Waals surface area contributed by atoms with Crippen molar-refractivity contribution in [3.05, 3.63) is 90.1 Å². The largest absolute Gasteiger partial charge is 0.411 e. The molecule has 0 saturated heterocycles. The second-order valence-corrected chi connectivity index (χ2v) is 6.70. The maximum absolute atomic E-state index is 6.04. The summed E-state index contributed by atoms with van der Waals surface area (Å²) in [5.41, 5.74) is 1.27. The van der Waals surface area contributed by atoms with E-state index in [0.29, 0.717) is 0 Å². The lowest BCUT2D eigenvalue weighted by molar-refractivity contribution is 0.467. The highest BCUT2D eigenvalue weighted by molar-refractivity contribution is 8.00. The molecule has 1 aliphatic heterocycles. The summed E-state index contributed by atoms with van der Waals surface area (Å²) in [5, 5.41) is 0.984. The summed E-state index contributed by atoms with van der Waals surface area (Å²) in [6.07, 6.45) is 7.69. The van der Waals surface area contributed by atoms with Crippen LogP contribution in [0.3, 0.4) is 0 Å². The van der Waals surface area contributed by atoms with Gasteiger partial charge in [-0.2, -0.15) is 0 Å². The Hall–Kier alpha value is -2.19. The van der Waals surface area contributed by atoms with E-state index in [2.05, 4.69) is 49.9 Å². The zero-order chi connectivity index (χ0) is 16.7. The highest BCUT2D eigenvalue weighted by Gasteiger charge is 2.42. The number of rotatable bonds is 3. The molecule has 1 aliphatic rings. The second-order valence-electron chi connectivity index (χ2n) is 4.77. The minimum absolute atomic E-state index is 0.162. The van der Waals surface area contributed by atoms with Crippen molar-refractivity contribution >= 4 is 10.9 Å². The van der Waals surface area contributed by atoms with Gasteiger partial charge in [0.1, 0.15) is 10.9 Å². The van der Waals surface area contributed by atoms with E-state index in [1.165, 1.54) is 15.4 Å². The number of hydrogen-bond donors (Lipinski definition) is 0. The van der Waals surface area contributed by atoms with Gasteiger partial charge in [0.15, 0.2) is 10.6 Å². The summed E-state index contributed by atoms with van der Waals surface area (Å²) < 4.78 is 6.04. The Labute approximate surface area is 142 Å². The van der Waals surface area contributed by atoms with Gasteiger partial charge in [0.05, 0.1) is 0 Å². The Morgan fingerprint density at radius 3 is 2.35 bits per heavy atom. The molecule has 1 heterocycles. The van der Waals surface area contributed by atoms with E-state index in [9.17, 15) is 0 Å². The van der Waals surface area contributed by atoms with Crippen LogP contribution < -0.4 is 4.74 Å². The van der Waals surface area contributed by atoms with Crippen LogP contribution in [0.1, 0.15) is 19.4 Å². The SMILES string of the molecule is C=C/C=C\C=C1\Oc2ccccc2[S+]1c1ccc(C)cc1.CC. The third-order valence-electron chi connectivity index (χ3n) is 3.22. The molecule has 0 amide bonds. The zero-order valence-corrected chi connectivity index (χ0v) is 14.8. The van der Waals surface area contributed by atoms with Crippen LogP contribution in [0.2, 0.25) is 0 Å². The fourth-order valence-electron chi connectivity index (χ4n) is 2.19. The highest BCUT2D eigenvalue weighted by atomic mass is 32.2. The predicted molar refractivity (Wildman–Crippen MR) is 101 cm³/mol. The third-order valence-corrected chi connectivity index (χ3v) is 5.36. The van der Waals surface area contributed by atoms with Crippen LogP contribution in [0.4, 0.5) is 0 Å². The molecule has 1 unspecified atom stereocenters. The number of para-hydroxylation sites is 1. The van der Waals surface area contributed by atoms with Crippen molar-refractivity contribution in [2.45, 2.75) is 30.6 Å². The number of fused-ring (bicyclic) bond motifs is 1. The van der Waals surface area contributed by atoms with Crippen LogP contribution in [0.5, 0.6) is 5.75 Å². The van der Waals surface area contributed by atoms with Crippen LogP contribution >= 0.6 is 0 Å². The van der Waals surface area contributed by atoms with Crippen molar-refractivity contribution in [1.82, 2.24) is 0 Å². The Balaban J connectivity index is 0.000000924. The Kier molecular flexibility index (Phi) is 6.30. The number of allylic oxidation sites excluding steroid dienone is 4.